The fourth-order valence-corrected chi connectivity index (χ4v) is 5.56. The summed E-state index contributed by atoms with van der Waals surface area (Å²) in [6.45, 7) is 4.28. The van der Waals surface area contributed by atoms with Crippen LogP contribution in [-0.2, 0) is 14.3 Å². The Morgan fingerprint density at radius 3 is 2.43 bits per heavy atom. The van der Waals surface area contributed by atoms with Gasteiger partial charge in [-0.25, -0.2) is 0 Å². The second kappa shape index (κ2) is 11.4. The number of ketones is 1. The summed E-state index contributed by atoms with van der Waals surface area (Å²) in [5.74, 6) is 1.09. The molecule has 7 heteroatoms. The van der Waals surface area contributed by atoms with Crippen molar-refractivity contribution in [2.24, 2.45) is 10.9 Å². The Bertz CT molecular complexity index is 1140. The summed E-state index contributed by atoms with van der Waals surface area (Å²) in [5, 5.41) is 0.667. The van der Waals surface area contributed by atoms with Crippen LogP contribution in [0.4, 0.5) is 0 Å². The maximum atomic E-state index is 13.6. The number of benzene rings is 2. The molecule has 0 bridgehead atoms. The highest BCUT2D eigenvalue weighted by Crippen LogP contribution is 2.47. The van der Waals surface area contributed by atoms with E-state index in [2.05, 4.69) is 6.92 Å². The van der Waals surface area contributed by atoms with E-state index in [1.54, 1.807) is 18.9 Å². The lowest BCUT2D eigenvalue weighted by Crippen LogP contribution is -2.38. The molecule has 2 aromatic rings. The van der Waals surface area contributed by atoms with Gasteiger partial charge in [-0.1, -0.05) is 42.8 Å². The van der Waals surface area contributed by atoms with Crippen molar-refractivity contribution in [3.8, 4) is 5.75 Å². The first kappa shape index (κ1) is 25.5. The SMILES string of the molecule is CCSCCOC(=O)C1C(C)=NC2=C(C(=O)C[C@@H](c3ccc(Cl)cc3)C2)[C@H]1c1ccc(OC)cc1. The molecule has 35 heavy (non-hydrogen) atoms. The minimum absolute atomic E-state index is 0.0288. The van der Waals surface area contributed by atoms with Gasteiger partial charge in [-0.3, -0.25) is 14.6 Å². The molecule has 1 heterocycles. The number of esters is 1. The van der Waals surface area contributed by atoms with Crippen molar-refractivity contribution >= 4 is 40.8 Å². The Balaban J connectivity index is 1.70. The Morgan fingerprint density at radius 1 is 1.09 bits per heavy atom. The predicted octanol–water partition coefficient (Wildman–Crippen LogP) is 6.22. The molecule has 0 saturated heterocycles. The monoisotopic (exact) mass is 511 g/mol. The number of carbonyl (C=O) groups excluding carboxylic acids is 2. The number of thioether (sulfide) groups is 1. The third-order valence-electron chi connectivity index (χ3n) is 6.63. The van der Waals surface area contributed by atoms with E-state index in [-0.39, 0.29) is 17.7 Å². The van der Waals surface area contributed by atoms with E-state index in [9.17, 15) is 9.59 Å². The van der Waals surface area contributed by atoms with Crippen LogP contribution in [0.1, 0.15) is 49.7 Å². The fourth-order valence-electron chi connectivity index (χ4n) is 4.94. The van der Waals surface area contributed by atoms with E-state index in [4.69, 9.17) is 26.1 Å². The minimum Gasteiger partial charge on any atom is -0.497 e. The van der Waals surface area contributed by atoms with Crippen molar-refractivity contribution in [1.82, 2.24) is 0 Å². The number of Topliss-reactive ketones (excluding diaryl/α,β-unsaturated/α-hetero) is 1. The number of ether oxygens (including phenoxy) is 2. The molecule has 1 aliphatic carbocycles. The topological polar surface area (TPSA) is 65.0 Å². The quantitative estimate of drug-likeness (QED) is 0.311. The van der Waals surface area contributed by atoms with Crippen molar-refractivity contribution in [3.63, 3.8) is 0 Å². The Morgan fingerprint density at radius 2 is 1.77 bits per heavy atom. The lowest BCUT2D eigenvalue weighted by Gasteiger charge is -2.36. The van der Waals surface area contributed by atoms with Gasteiger partial charge in [0.15, 0.2) is 5.78 Å². The van der Waals surface area contributed by atoms with E-state index in [1.165, 1.54) is 0 Å². The molecule has 0 amide bonds. The van der Waals surface area contributed by atoms with Crippen molar-refractivity contribution in [2.75, 3.05) is 25.2 Å². The molecule has 3 atom stereocenters. The maximum absolute atomic E-state index is 13.6. The zero-order valence-electron chi connectivity index (χ0n) is 20.3. The number of rotatable bonds is 8. The summed E-state index contributed by atoms with van der Waals surface area (Å²) in [5.41, 5.74) is 4.04. The van der Waals surface area contributed by atoms with E-state index >= 15 is 0 Å². The van der Waals surface area contributed by atoms with Gasteiger partial charge in [0.05, 0.1) is 7.11 Å². The third-order valence-corrected chi connectivity index (χ3v) is 7.75. The molecule has 184 valence electrons. The molecule has 0 saturated carbocycles. The van der Waals surface area contributed by atoms with Gasteiger partial charge in [0.1, 0.15) is 18.3 Å². The summed E-state index contributed by atoms with van der Waals surface area (Å²) >= 11 is 7.79. The van der Waals surface area contributed by atoms with Gasteiger partial charge in [0.25, 0.3) is 0 Å². The van der Waals surface area contributed by atoms with E-state index in [0.29, 0.717) is 35.8 Å². The molecule has 2 aliphatic rings. The number of hydrogen-bond donors (Lipinski definition) is 0. The van der Waals surface area contributed by atoms with Crippen LogP contribution in [0.2, 0.25) is 5.02 Å². The summed E-state index contributed by atoms with van der Waals surface area (Å²) < 4.78 is 11.0. The number of hydrogen-bond acceptors (Lipinski definition) is 6. The Hall–Kier alpha value is -2.57. The van der Waals surface area contributed by atoms with Crippen LogP contribution in [0.5, 0.6) is 5.75 Å². The lowest BCUT2D eigenvalue weighted by atomic mass is 9.69. The summed E-state index contributed by atoms with van der Waals surface area (Å²) in [7, 11) is 1.61. The van der Waals surface area contributed by atoms with Gasteiger partial charge in [0, 0.05) is 40.1 Å². The maximum Gasteiger partial charge on any atom is 0.315 e. The molecule has 0 fully saturated rings. The fraction of sp³-hybridized carbons (Fsp3) is 0.393. The summed E-state index contributed by atoms with van der Waals surface area (Å²) in [6.07, 6.45) is 1.01. The number of carbonyl (C=O) groups is 2. The molecule has 0 N–H and O–H groups in total. The largest absolute Gasteiger partial charge is 0.497 e. The molecule has 2 aromatic carbocycles. The first-order valence-electron chi connectivity index (χ1n) is 11.9. The molecule has 4 rings (SSSR count). The Labute approximate surface area is 215 Å². The average molecular weight is 512 g/mol. The minimum atomic E-state index is -0.634. The second-order valence-electron chi connectivity index (χ2n) is 8.79. The molecular weight excluding hydrogens is 482 g/mol. The first-order valence-corrected chi connectivity index (χ1v) is 13.4. The highest BCUT2D eigenvalue weighted by molar-refractivity contribution is 7.99. The van der Waals surface area contributed by atoms with Crippen molar-refractivity contribution in [1.29, 1.82) is 0 Å². The van der Waals surface area contributed by atoms with Gasteiger partial charge in [-0.05, 0) is 60.4 Å². The summed E-state index contributed by atoms with van der Waals surface area (Å²) in [4.78, 5) is 31.7. The van der Waals surface area contributed by atoms with Crippen LogP contribution in [0, 0.1) is 5.92 Å². The molecule has 0 spiro atoms. The number of allylic oxidation sites excluding steroid dienone is 2. The molecule has 1 aliphatic heterocycles. The van der Waals surface area contributed by atoms with Crippen LogP contribution < -0.4 is 4.74 Å². The summed E-state index contributed by atoms with van der Waals surface area (Å²) in [6, 6.07) is 15.2. The van der Waals surface area contributed by atoms with Crippen molar-refractivity contribution in [3.05, 3.63) is 76.0 Å². The van der Waals surface area contributed by atoms with Crippen LogP contribution in [-0.4, -0.2) is 42.7 Å². The van der Waals surface area contributed by atoms with Gasteiger partial charge in [-0.2, -0.15) is 11.8 Å². The molecule has 0 radical (unpaired) electrons. The normalized spacial score (nSPS) is 21.9. The zero-order chi connectivity index (χ0) is 24.9. The highest BCUT2D eigenvalue weighted by atomic mass is 35.5. The van der Waals surface area contributed by atoms with Gasteiger partial charge in [-0.15, -0.1) is 0 Å². The highest BCUT2D eigenvalue weighted by Gasteiger charge is 2.44. The van der Waals surface area contributed by atoms with Gasteiger partial charge < -0.3 is 9.47 Å². The molecule has 5 nitrogen and oxygen atoms in total. The molecule has 0 aromatic heterocycles. The first-order chi connectivity index (χ1) is 16.9. The van der Waals surface area contributed by atoms with Crippen molar-refractivity contribution < 1.29 is 19.1 Å². The molecule has 1 unspecified atom stereocenters. The van der Waals surface area contributed by atoms with E-state index < -0.39 is 11.8 Å². The predicted molar refractivity (Wildman–Crippen MR) is 142 cm³/mol. The van der Waals surface area contributed by atoms with Crippen LogP contribution in [0.3, 0.4) is 0 Å². The average Bonchev–Trinajstić information content (AvgIpc) is 2.86. The molecular formula is C28H30ClNO4S. The van der Waals surface area contributed by atoms with Crippen molar-refractivity contribution in [2.45, 2.75) is 38.5 Å². The zero-order valence-corrected chi connectivity index (χ0v) is 21.8. The number of nitrogens with zero attached hydrogens (tertiary/aromatic N) is 1. The lowest BCUT2D eigenvalue weighted by molar-refractivity contribution is -0.145. The van der Waals surface area contributed by atoms with Gasteiger partial charge >= 0.3 is 5.97 Å². The number of halogens is 1. The standard InChI is InChI=1S/C28H30ClNO4S/c1-4-35-14-13-34-28(32)25-17(2)30-23-15-20(18-5-9-21(29)10-6-18)16-24(31)27(23)26(25)19-7-11-22(33-3)12-8-19/h5-12,20,25-26H,4,13-16H2,1-3H3/t20-,25?,26-/m0/s1. The van der Waals surface area contributed by atoms with Crippen LogP contribution in [0.25, 0.3) is 0 Å². The number of aliphatic imine (C=N–C) groups is 1. The van der Waals surface area contributed by atoms with E-state index in [1.807, 2.05) is 55.5 Å². The Kier molecular flexibility index (Phi) is 8.34. The van der Waals surface area contributed by atoms with Gasteiger partial charge in [0.2, 0.25) is 0 Å². The second-order valence-corrected chi connectivity index (χ2v) is 10.6. The smallest absolute Gasteiger partial charge is 0.315 e. The van der Waals surface area contributed by atoms with E-state index in [0.717, 1.165) is 34.1 Å². The number of methoxy groups -OCH3 is 1. The van der Waals surface area contributed by atoms with Crippen LogP contribution in [0.15, 0.2) is 64.8 Å². The van der Waals surface area contributed by atoms with Crippen LogP contribution >= 0.6 is 23.4 Å². The third kappa shape index (κ3) is 5.65.